The lowest BCUT2D eigenvalue weighted by Crippen LogP contribution is -2.28. The van der Waals surface area contributed by atoms with E-state index >= 15 is 0 Å². The van der Waals surface area contributed by atoms with E-state index in [1.807, 2.05) is 24.3 Å². The summed E-state index contributed by atoms with van der Waals surface area (Å²) >= 11 is 0. The third-order valence-electron chi connectivity index (χ3n) is 2.46. The molecule has 2 radical (unpaired) electrons. The highest BCUT2D eigenvalue weighted by molar-refractivity contribution is 6.68. The monoisotopic (exact) mass is 242 g/mol. The zero-order valence-electron chi connectivity index (χ0n) is 9.94. The van der Waals surface area contributed by atoms with Crippen molar-refractivity contribution in [3.05, 3.63) is 48.5 Å². The zero-order chi connectivity index (χ0) is 12.1. The summed E-state index contributed by atoms with van der Waals surface area (Å²) in [7, 11) is 3.95. The van der Waals surface area contributed by atoms with E-state index in [4.69, 9.17) is 9.47 Å². The number of benzene rings is 2. The lowest BCUT2D eigenvalue weighted by molar-refractivity contribution is 0.406. The third-order valence-corrected chi connectivity index (χ3v) is 3.74. The van der Waals surface area contributed by atoms with Gasteiger partial charge in [-0.25, -0.2) is 0 Å². The number of ether oxygens (including phenoxy) is 2. The summed E-state index contributed by atoms with van der Waals surface area (Å²) in [6.07, 6.45) is 0. The van der Waals surface area contributed by atoms with Crippen LogP contribution in [0.3, 0.4) is 0 Å². The van der Waals surface area contributed by atoms with Crippen LogP contribution < -0.4 is 19.8 Å². The van der Waals surface area contributed by atoms with Gasteiger partial charge in [0.25, 0.3) is 0 Å². The molecule has 0 aliphatic rings. The predicted octanol–water partition coefficient (Wildman–Crippen LogP) is 1.36. The molecule has 2 rings (SSSR count). The van der Waals surface area contributed by atoms with E-state index in [2.05, 4.69) is 24.3 Å². The van der Waals surface area contributed by atoms with Crippen molar-refractivity contribution in [3.63, 3.8) is 0 Å². The number of rotatable bonds is 4. The Morgan fingerprint density at radius 1 is 0.882 bits per heavy atom. The van der Waals surface area contributed by atoms with E-state index in [9.17, 15) is 0 Å². The highest BCUT2D eigenvalue weighted by Crippen LogP contribution is 2.14. The molecule has 0 amide bonds. The van der Waals surface area contributed by atoms with Crippen LogP contribution in [-0.2, 0) is 0 Å². The molecule has 2 aromatic rings. The molecule has 0 saturated heterocycles. The van der Waals surface area contributed by atoms with Gasteiger partial charge in [0, 0.05) is 0 Å². The fraction of sp³-hybridized carbons (Fsp3) is 0.143. The van der Waals surface area contributed by atoms with Crippen molar-refractivity contribution in [2.24, 2.45) is 0 Å². The van der Waals surface area contributed by atoms with Crippen LogP contribution in [0, 0.1) is 0 Å². The van der Waals surface area contributed by atoms with Crippen LogP contribution in [0.25, 0.3) is 0 Å². The normalized spacial score (nSPS) is 10.0. The van der Waals surface area contributed by atoms with Crippen molar-refractivity contribution in [1.82, 2.24) is 0 Å². The van der Waals surface area contributed by atoms with E-state index in [0.29, 0.717) is 9.52 Å². The van der Waals surface area contributed by atoms with E-state index < -0.39 is 0 Å². The maximum atomic E-state index is 5.37. The van der Waals surface area contributed by atoms with E-state index in [1.54, 1.807) is 14.2 Å². The molecule has 0 aliphatic carbocycles. The smallest absolute Gasteiger partial charge is 0.126 e. The largest absolute Gasteiger partial charge is 0.497 e. The number of methoxy groups -OCH3 is 2. The Labute approximate surface area is 104 Å². The molecule has 2 aromatic carbocycles. The van der Waals surface area contributed by atoms with Crippen molar-refractivity contribution < 1.29 is 9.47 Å². The first kappa shape index (κ1) is 11.7. The van der Waals surface area contributed by atoms with Gasteiger partial charge in [0.1, 0.15) is 21.0 Å². The molecule has 17 heavy (non-hydrogen) atoms. The molecule has 0 fully saturated rings. The second-order valence-corrected chi connectivity index (χ2v) is 4.92. The molecule has 0 heterocycles. The molecule has 3 heteroatoms. The summed E-state index contributed by atoms with van der Waals surface area (Å²) < 4.78 is 10.6. The lowest BCUT2D eigenvalue weighted by atomic mass is 10.3. The van der Waals surface area contributed by atoms with Gasteiger partial charge < -0.3 is 9.47 Å². The average Bonchev–Trinajstić information content (AvgIpc) is 2.40. The highest BCUT2D eigenvalue weighted by Gasteiger charge is 2.06. The summed E-state index contributed by atoms with van der Waals surface area (Å²) in [5.41, 5.74) is 0. The topological polar surface area (TPSA) is 18.5 Å². The predicted molar refractivity (Wildman–Crippen MR) is 71.0 cm³/mol. The molecule has 0 bridgehead atoms. The standard InChI is InChI=1S/C14H14O2Si/c1-15-11-8-9-13(16-2)14(10-11)17-12-6-4-3-5-7-12/h3-10H,1-2H3. The first-order chi connectivity index (χ1) is 8.33. The Morgan fingerprint density at radius 3 is 2.29 bits per heavy atom. The minimum atomic E-state index is 0.577. The van der Waals surface area contributed by atoms with Crippen molar-refractivity contribution in [2.45, 2.75) is 0 Å². The van der Waals surface area contributed by atoms with Crippen LogP contribution >= 0.6 is 0 Å². The van der Waals surface area contributed by atoms with Gasteiger partial charge in [0.05, 0.1) is 14.2 Å². The fourth-order valence-corrected chi connectivity index (χ4v) is 2.78. The molecule has 0 unspecified atom stereocenters. The summed E-state index contributed by atoms with van der Waals surface area (Å²) in [5.74, 6) is 1.78. The Morgan fingerprint density at radius 2 is 1.65 bits per heavy atom. The van der Waals surface area contributed by atoms with E-state index in [1.165, 1.54) is 5.19 Å². The second-order valence-electron chi connectivity index (χ2n) is 3.56. The molecular weight excluding hydrogens is 228 g/mol. The molecular formula is C14H14O2Si. The minimum absolute atomic E-state index is 0.577. The fourth-order valence-electron chi connectivity index (χ4n) is 1.59. The Hall–Kier alpha value is -1.74. The summed E-state index contributed by atoms with van der Waals surface area (Å²) in [4.78, 5) is 0. The summed E-state index contributed by atoms with van der Waals surface area (Å²) in [6.45, 7) is 0. The Kier molecular flexibility index (Phi) is 3.83. The van der Waals surface area contributed by atoms with Gasteiger partial charge in [0.15, 0.2) is 0 Å². The summed E-state index contributed by atoms with van der Waals surface area (Å²) in [6, 6.07) is 16.3. The minimum Gasteiger partial charge on any atom is -0.497 e. The van der Waals surface area contributed by atoms with Crippen molar-refractivity contribution >= 4 is 19.9 Å². The first-order valence-corrected chi connectivity index (χ1v) is 6.37. The highest BCUT2D eigenvalue weighted by atomic mass is 28.2. The Balaban J connectivity index is 2.30. The lowest BCUT2D eigenvalue weighted by Gasteiger charge is -2.09. The van der Waals surface area contributed by atoms with Crippen molar-refractivity contribution in [2.75, 3.05) is 14.2 Å². The van der Waals surface area contributed by atoms with Crippen molar-refractivity contribution in [1.29, 1.82) is 0 Å². The van der Waals surface area contributed by atoms with Crippen LogP contribution in [-0.4, -0.2) is 23.7 Å². The van der Waals surface area contributed by atoms with Crippen molar-refractivity contribution in [3.8, 4) is 11.5 Å². The van der Waals surface area contributed by atoms with Gasteiger partial charge in [-0.3, -0.25) is 0 Å². The summed E-state index contributed by atoms with van der Waals surface area (Å²) in [5, 5.41) is 2.46. The van der Waals surface area contributed by atoms with Crippen LogP contribution in [0.1, 0.15) is 0 Å². The zero-order valence-corrected chi connectivity index (χ0v) is 10.9. The van der Waals surface area contributed by atoms with Crippen LogP contribution in [0.15, 0.2) is 48.5 Å². The van der Waals surface area contributed by atoms with Gasteiger partial charge in [-0.2, -0.15) is 0 Å². The quantitative estimate of drug-likeness (QED) is 0.754. The van der Waals surface area contributed by atoms with Gasteiger partial charge in [0.2, 0.25) is 0 Å². The molecule has 0 N–H and O–H groups in total. The van der Waals surface area contributed by atoms with Crippen LogP contribution in [0.5, 0.6) is 11.5 Å². The van der Waals surface area contributed by atoms with Gasteiger partial charge >= 0.3 is 0 Å². The maximum Gasteiger partial charge on any atom is 0.126 e. The molecule has 0 aromatic heterocycles. The second kappa shape index (κ2) is 5.55. The van der Waals surface area contributed by atoms with Gasteiger partial charge in [-0.05, 0) is 23.4 Å². The van der Waals surface area contributed by atoms with E-state index in [0.717, 1.165) is 16.7 Å². The Bertz CT molecular complexity index is 483. The molecule has 0 aliphatic heterocycles. The van der Waals surface area contributed by atoms with E-state index in [-0.39, 0.29) is 0 Å². The molecule has 0 atom stereocenters. The molecule has 0 spiro atoms. The van der Waals surface area contributed by atoms with Gasteiger partial charge in [-0.1, -0.05) is 35.5 Å². The number of hydrogen-bond acceptors (Lipinski definition) is 2. The SMILES string of the molecule is COc1ccc(OC)c([Si]c2ccccc2)c1. The van der Waals surface area contributed by atoms with Gasteiger partial charge in [-0.15, -0.1) is 0 Å². The molecule has 86 valence electrons. The molecule has 2 nitrogen and oxygen atoms in total. The maximum absolute atomic E-state index is 5.37. The molecule has 0 saturated carbocycles. The van der Waals surface area contributed by atoms with Crippen LogP contribution in [0.4, 0.5) is 0 Å². The number of hydrogen-bond donors (Lipinski definition) is 0. The average molecular weight is 242 g/mol. The first-order valence-electron chi connectivity index (χ1n) is 5.37. The van der Waals surface area contributed by atoms with Crippen LogP contribution in [0.2, 0.25) is 0 Å². The third kappa shape index (κ3) is 2.88.